The van der Waals surface area contributed by atoms with E-state index in [1.165, 1.54) is 11.1 Å². The number of hydrogen-bond donors (Lipinski definition) is 1. The van der Waals surface area contributed by atoms with Gasteiger partial charge in [0.2, 0.25) is 0 Å². The van der Waals surface area contributed by atoms with Crippen LogP contribution in [-0.4, -0.2) is 19.7 Å². The van der Waals surface area contributed by atoms with Crippen LogP contribution in [0.3, 0.4) is 0 Å². The van der Waals surface area contributed by atoms with Crippen molar-refractivity contribution >= 4 is 24.8 Å². The Morgan fingerprint density at radius 3 is 2.50 bits per heavy atom. The van der Waals surface area contributed by atoms with E-state index in [-0.39, 0.29) is 24.8 Å². The van der Waals surface area contributed by atoms with Crippen molar-refractivity contribution in [2.75, 3.05) is 19.7 Å². The summed E-state index contributed by atoms with van der Waals surface area (Å²) in [6.07, 6.45) is 2.26. The van der Waals surface area contributed by atoms with E-state index in [0.717, 1.165) is 38.3 Å². The molecule has 0 aliphatic carbocycles. The van der Waals surface area contributed by atoms with E-state index in [2.05, 4.69) is 23.5 Å². The molecule has 2 nitrogen and oxygen atoms in total. The van der Waals surface area contributed by atoms with Crippen LogP contribution in [-0.2, 0) is 12.8 Å². The van der Waals surface area contributed by atoms with Gasteiger partial charge in [0.05, 0.1) is 6.61 Å². The third-order valence-corrected chi connectivity index (χ3v) is 2.63. The summed E-state index contributed by atoms with van der Waals surface area (Å²) in [5.41, 5.74) is 2.92. The van der Waals surface area contributed by atoms with Crippen LogP contribution in [0.5, 0.6) is 5.75 Å². The minimum Gasteiger partial charge on any atom is -0.494 e. The molecule has 1 aliphatic rings. The van der Waals surface area contributed by atoms with Gasteiger partial charge >= 0.3 is 0 Å². The van der Waals surface area contributed by atoms with E-state index in [1.807, 2.05) is 6.92 Å². The second-order valence-corrected chi connectivity index (χ2v) is 3.61. The molecule has 0 amide bonds. The Kier molecular flexibility index (Phi) is 7.56. The van der Waals surface area contributed by atoms with Crippen molar-refractivity contribution in [2.24, 2.45) is 0 Å². The van der Waals surface area contributed by atoms with Gasteiger partial charge < -0.3 is 10.1 Å². The van der Waals surface area contributed by atoms with Crippen LogP contribution in [0.4, 0.5) is 0 Å². The van der Waals surface area contributed by atoms with Crippen molar-refractivity contribution in [3.8, 4) is 5.75 Å². The molecule has 0 atom stereocenters. The van der Waals surface area contributed by atoms with Gasteiger partial charge in [-0.3, -0.25) is 0 Å². The summed E-state index contributed by atoms with van der Waals surface area (Å²) in [5.74, 6) is 1.01. The van der Waals surface area contributed by atoms with Gasteiger partial charge in [0.25, 0.3) is 0 Å². The number of halogens is 2. The van der Waals surface area contributed by atoms with Crippen molar-refractivity contribution in [2.45, 2.75) is 19.8 Å². The molecule has 1 aliphatic heterocycles. The molecule has 1 N–H and O–H groups in total. The van der Waals surface area contributed by atoms with Crippen LogP contribution in [0.15, 0.2) is 18.2 Å². The molecule has 1 aromatic rings. The van der Waals surface area contributed by atoms with Crippen LogP contribution in [0.2, 0.25) is 0 Å². The molecule has 0 unspecified atom stereocenters. The molecule has 4 heteroatoms. The number of rotatable bonds is 2. The molecule has 0 bridgehead atoms. The zero-order valence-corrected chi connectivity index (χ0v) is 11.1. The van der Waals surface area contributed by atoms with E-state index < -0.39 is 0 Å². The molecule has 2 rings (SSSR count). The average Bonchev–Trinajstić information content (AvgIpc) is 2.42. The van der Waals surface area contributed by atoms with Crippen molar-refractivity contribution in [1.29, 1.82) is 0 Å². The predicted molar refractivity (Wildman–Crippen MR) is 72.4 cm³/mol. The largest absolute Gasteiger partial charge is 0.494 e. The SMILES string of the molecule is CCOc1ccc2c(c1)CCNCC2.Cl.Cl. The van der Waals surface area contributed by atoms with Gasteiger partial charge in [-0.15, -0.1) is 24.8 Å². The topological polar surface area (TPSA) is 21.3 Å². The maximum Gasteiger partial charge on any atom is 0.119 e. The number of benzene rings is 1. The lowest BCUT2D eigenvalue weighted by Crippen LogP contribution is -2.16. The molecule has 1 aromatic carbocycles. The fourth-order valence-electron chi connectivity index (χ4n) is 1.91. The first-order chi connectivity index (χ1) is 6.90. The number of ether oxygens (including phenoxy) is 1. The average molecular weight is 264 g/mol. The van der Waals surface area contributed by atoms with Gasteiger partial charge in [-0.05, 0) is 56.1 Å². The van der Waals surface area contributed by atoms with E-state index in [9.17, 15) is 0 Å². The van der Waals surface area contributed by atoms with Crippen LogP contribution in [0, 0.1) is 0 Å². The van der Waals surface area contributed by atoms with Gasteiger partial charge in [-0.25, -0.2) is 0 Å². The monoisotopic (exact) mass is 263 g/mol. The molecule has 0 saturated heterocycles. The highest BCUT2D eigenvalue weighted by molar-refractivity contribution is 5.85. The van der Waals surface area contributed by atoms with Gasteiger partial charge in [0.15, 0.2) is 0 Å². The third-order valence-electron chi connectivity index (χ3n) is 2.63. The maximum absolute atomic E-state index is 5.49. The Balaban J connectivity index is 0.00000112. The van der Waals surface area contributed by atoms with Crippen molar-refractivity contribution in [3.63, 3.8) is 0 Å². The van der Waals surface area contributed by atoms with Crippen LogP contribution < -0.4 is 10.1 Å². The van der Waals surface area contributed by atoms with E-state index in [0.29, 0.717) is 0 Å². The van der Waals surface area contributed by atoms with Crippen molar-refractivity contribution in [3.05, 3.63) is 29.3 Å². The highest BCUT2D eigenvalue weighted by atomic mass is 35.5. The Labute approximate surface area is 110 Å². The molecule has 0 saturated carbocycles. The fraction of sp³-hybridized carbons (Fsp3) is 0.500. The smallest absolute Gasteiger partial charge is 0.119 e. The first-order valence-electron chi connectivity index (χ1n) is 5.35. The molecule has 0 radical (unpaired) electrons. The van der Waals surface area contributed by atoms with Crippen molar-refractivity contribution in [1.82, 2.24) is 5.32 Å². The van der Waals surface area contributed by atoms with Crippen molar-refractivity contribution < 1.29 is 4.74 Å². The number of fused-ring (bicyclic) bond motifs is 1. The highest BCUT2D eigenvalue weighted by Crippen LogP contribution is 2.20. The normalized spacial score (nSPS) is 13.8. The quantitative estimate of drug-likeness (QED) is 0.886. The standard InChI is InChI=1S/C12H17NO.2ClH/c1-2-14-12-4-3-10-5-7-13-8-6-11(10)9-12;;/h3-4,9,13H,2,5-8H2,1H3;2*1H. The maximum atomic E-state index is 5.49. The Morgan fingerprint density at radius 1 is 1.12 bits per heavy atom. The van der Waals surface area contributed by atoms with E-state index in [4.69, 9.17) is 4.74 Å². The summed E-state index contributed by atoms with van der Waals surface area (Å²) < 4.78 is 5.49. The first kappa shape index (κ1) is 15.6. The molecule has 1 heterocycles. The lowest BCUT2D eigenvalue weighted by atomic mass is 10.0. The molecule has 0 spiro atoms. The third kappa shape index (κ3) is 3.85. The summed E-state index contributed by atoms with van der Waals surface area (Å²) in [4.78, 5) is 0. The second kappa shape index (κ2) is 7.77. The van der Waals surface area contributed by atoms with Crippen LogP contribution in [0.25, 0.3) is 0 Å². The van der Waals surface area contributed by atoms with Gasteiger partial charge in [-0.2, -0.15) is 0 Å². The van der Waals surface area contributed by atoms with Gasteiger partial charge in [-0.1, -0.05) is 6.07 Å². The second-order valence-electron chi connectivity index (χ2n) is 3.61. The van der Waals surface area contributed by atoms with Crippen LogP contribution >= 0.6 is 24.8 Å². The highest BCUT2D eigenvalue weighted by Gasteiger charge is 2.07. The molecule has 0 aromatic heterocycles. The Morgan fingerprint density at radius 2 is 1.81 bits per heavy atom. The number of hydrogen-bond acceptors (Lipinski definition) is 2. The molecule has 16 heavy (non-hydrogen) atoms. The summed E-state index contributed by atoms with van der Waals surface area (Å²) in [5, 5.41) is 3.40. The summed E-state index contributed by atoms with van der Waals surface area (Å²) in [6.45, 7) is 4.95. The zero-order valence-electron chi connectivity index (χ0n) is 9.49. The lowest BCUT2D eigenvalue weighted by Gasteiger charge is -2.08. The van der Waals surface area contributed by atoms with E-state index >= 15 is 0 Å². The number of nitrogens with one attached hydrogen (secondary N) is 1. The molecular formula is C12H19Cl2NO. The lowest BCUT2D eigenvalue weighted by molar-refractivity contribution is 0.340. The Hall–Kier alpha value is -0.440. The van der Waals surface area contributed by atoms with Gasteiger partial charge in [0, 0.05) is 0 Å². The predicted octanol–water partition coefficient (Wildman–Crippen LogP) is 2.62. The Bertz CT molecular complexity index is 318. The van der Waals surface area contributed by atoms with E-state index in [1.54, 1.807) is 0 Å². The fourth-order valence-corrected chi connectivity index (χ4v) is 1.91. The van der Waals surface area contributed by atoms with Crippen LogP contribution in [0.1, 0.15) is 18.1 Å². The summed E-state index contributed by atoms with van der Waals surface area (Å²) in [7, 11) is 0. The zero-order chi connectivity index (χ0) is 9.80. The molecular weight excluding hydrogens is 245 g/mol. The first-order valence-corrected chi connectivity index (χ1v) is 5.35. The molecule has 92 valence electrons. The van der Waals surface area contributed by atoms with Gasteiger partial charge in [0.1, 0.15) is 5.75 Å². The summed E-state index contributed by atoms with van der Waals surface area (Å²) in [6, 6.07) is 6.47. The minimum absolute atomic E-state index is 0. The molecule has 0 fully saturated rings. The summed E-state index contributed by atoms with van der Waals surface area (Å²) >= 11 is 0. The minimum atomic E-state index is 0.